The smallest absolute Gasteiger partial charge is 0.247 e. The number of nitrogens with zero attached hydrogens (tertiary/aromatic N) is 1. The molecule has 0 radical (unpaired) electrons. The minimum absolute atomic E-state index is 0.161. The molecule has 0 saturated heterocycles. The summed E-state index contributed by atoms with van der Waals surface area (Å²) in [7, 11) is -1.89. The Labute approximate surface area is 122 Å². The Morgan fingerprint density at radius 1 is 1.47 bits per heavy atom. The summed E-state index contributed by atoms with van der Waals surface area (Å²) in [6.45, 7) is 0.748. The highest BCUT2D eigenvalue weighted by Gasteiger charge is 2.29. The third-order valence-corrected chi connectivity index (χ3v) is 6.27. The number of hydrogen-bond donors (Lipinski definition) is 1. The molecule has 1 heterocycles. The van der Waals surface area contributed by atoms with E-state index < -0.39 is 10.0 Å². The van der Waals surface area contributed by atoms with Crippen LogP contribution in [0.25, 0.3) is 0 Å². The lowest BCUT2D eigenvalue weighted by Gasteiger charge is -2.20. The van der Waals surface area contributed by atoms with E-state index in [1.54, 1.807) is 7.05 Å². The lowest BCUT2D eigenvalue weighted by Crippen LogP contribution is -2.31. The van der Waals surface area contributed by atoms with Crippen LogP contribution in [0.5, 0.6) is 0 Å². The van der Waals surface area contributed by atoms with Gasteiger partial charge < -0.3 is 10.2 Å². The van der Waals surface area contributed by atoms with E-state index in [0.717, 1.165) is 12.8 Å². The van der Waals surface area contributed by atoms with Crippen LogP contribution in [0.4, 0.5) is 0 Å². The zero-order chi connectivity index (χ0) is 14.0. The first-order valence-electron chi connectivity index (χ1n) is 6.39. The van der Waals surface area contributed by atoms with E-state index >= 15 is 0 Å². The summed E-state index contributed by atoms with van der Waals surface area (Å²) in [5.41, 5.74) is 5.46. The maximum absolute atomic E-state index is 12.5. The molecule has 0 aromatic carbocycles. The van der Waals surface area contributed by atoms with Crippen LogP contribution in [0.3, 0.4) is 0 Å². The molecule has 2 rings (SSSR count). The molecule has 7 heteroatoms. The van der Waals surface area contributed by atoms with Crippen molar-refractivity contribution in [2.45, 2.75) is 37.1 Å². The maximum atomic E-state index is 12.5. The van der Waals surface area contributed by atoms with Gasteiger partial charge in [-0.2, -0.15) is 0 Å². The average Bonchev–Trinajstić information content (AvgIpc) is 2.98. The highest BCUT2D eigenvalue weighted by atomic mass is 79.9. The van der Waals surface area contributed by atoms with Crippen molar-refractivity contribution in [2.75, 3.05) is 13.6 Å². The van der Waals surface area contributed by atoms with Crippen LogP contribution < -0.4 is 5.73 Å². The largest absolute Gasteiger partial charge is 0.452 e. The molecule has 2 N–H and O–H groups in total. The molecule has 0 atom stereocenters. The molecule has 1 fully saturated rings. The third kappa shape index (κ3) is 3.21. The zero-order valence-corrected chi connectivity index (χ0v) is 13.3. The molecule has 0 bridgehead atoms. The standard InChI is InChI=1S/C12H19BrN2O3S/c1-15(8-9-4-2-3-5-9)19(16,17)11-6-10(7-14)18-12(11)13/h6,9H,2-5,7-8,14H2,1H3. The van der Waals surface area contributed by atoms with Gasteiger partial charge in [-0.1, -0.05) is 12.8 Å². The monoisotopic (exact) mass is 350 g/mol. The molecule has 1 aliphatic rings. The van der Waals surface area contributed by atoms with Crippen LogP contribution in [0.15, 0.2) is 20.0 Å². The van der Waals surface area contributed by atoms with Gasteiger partial charge in [0.25, 0.3) is 0 Å². The van der Waals surface area contributed by atoms with Gasteiger partial charge in [-0.3, -0.25) is 0 Å². The topological polar surface area (TPSA) is 76.5 Å². The second kappa shape index (κ2) is 5.95. The van der Waals surface area contributed by atoms with Gasteiger partial charge in [-0.15, -0.1) is 0 Å². The first kappa shape index (κ1) is 15.0. The molecule has 19 heavy (non-hydrogen) atoms. The number of hydrogen-bond acceptors (Lipinski definition) is 4. The average molecular weight is 351 g/mol. The van der Waals surface area contributed by atoms with Crippen LogP contribution in [0, 0.1) is 5.92 Å². The predicted molar refractivity (Wildman–Crippen MR) is 76.1 cm³/mol. The summed E-state index contributed by atoms with van der Waals surface area (Å²) in [5, 5.41) is 0. The van der Waals surface area contributed by atoms with E-state index in [1.807, 2.05) is 0 Å². The Morgan fingerprint density at radius 2 is 2.11 bits per heavy atom. The van der Waals surface area contributed by atoms with Gasteiger partial charge in [0.05, 0.1) is 6.54 Å². The van der Waals surface area contributed by atoms with Gasteiger partial charge in [-0.25, -0.2) is 12.7 Å². The molecule has 0 amide bonds. The fourth-order valence-corrected chi connectivity index (χ4v) is 4.70. The molecular formula is C12H19BrN2O3S. The lowest BCUT2D eigenvalue weighted by atomic mass is 10.1. The molecule has 0 spiro atoms. The summed E-state index contributed by atoms with van der Waals surface area (Å²) in [6, 6.07) is 1.49. The molecule has 1 aromatic heterocycles. The van der Waals surface area contributed by atoms with Crippen LogP contribution in [-0.4, -0.2) is 26.3 Å². The summed E-state index contributed by atoms with van der Waals surface area (Å²) in [6.07, 6.45) is 4.62. The number of nitrogens with two attached hydrogens (primary N) is 1. The lowest BCUT2D eigenvalue weighted by molar-refractivity contribution is 0.386. The maximum Gasteiger partial charge on any atom is 0.247 e. The fourth-order valence-electron chi connectivity index (χ4n) is 2.50. The van der Waals surface area contributed by atoms with Gasteiger partial charge >= 0.3 is 0 Å². The zero-order valence-electron chi connectivity index (χ0n) is 10.9. The van der Waals surface area contributed by atoms with E-state index in [9.17, 15) is 8.42 Å². The van der Waals surface area contributed by atoms with E-state index in [1.165, 1.54) is 23.2 Å². The third-order valence-electron chi connectivity index (χ3n) is 3.59. The molecule has 108 valence electrons. The molecular weight excluding hydrogens is 332 g/mol. The fraction of sp³-hybridized carbons (Fsp3) is 0.667. The Balaban J connectivity index is 2.17. The Morgan fingerprint density at radius 3 is 2.63 bits per heavy atom. The minimum Gasteiger partial charge on any atom is -0.452 e. The summed E-state index contributed by atoms with van der Waals surface area (Å²) >= 11 is 3.15. The van der Waals surface area contributed by atoms with Crippen LogP contribution >= 0.6 is 15.9 Å². The second-order valence-electron chi connectivity index (χ2n) is 4.99. The second-order valence-corrected chi connectivity index (χ2v) is 7.72. The van der Waals surface area contributed by atoms with Crippen molar-refractivity contribution >= 4 is 26.0 Å². The van der Waals surface area contributed by atoms with Gasteiger partial charge in [0, 0.05) is 19.7 Å². The number of rotatable bonds is 5. The Kier molecular flexibility index (Phi) is 4.70. The molecule has 1 aromatic rings. The molecule has 0 aliphatic heterocycles. The predicted octanol–water partition coefficient (Wildman–Crippen LogP) is 2.31. The minimum atomic E-state index is -3.51. The molecule has 5 nitrogen and oxygen atoms in total. The van der Waals surface area contributed by atoms with Crippen molar-refractivity contribution in [3.63, 3.8) is 0 Å². The van der Waals surface area contributed by atoms with E-state index in [2.05, 4.69) is 15.9 Å². The van der Waals surface area contributed by atoms with Crippen molar-refractivity contribution in [3.05, 3.63) is 16.5 Å². The highest BCUT2D eigenvalue weighted by Crippen LogP contribution is 2.30. The Bertz CT molecular complexity index is 535. The number of furan rings is 1. The van der Waals surface area contributed by atoms with Crippen molar-refractivity contribution in [2.24, 2.45) is 11.7 Å². The van der Waals surface area contributed by atoms with Crippen molar-refractivity contribution in [1.82, 2.24) is 4.31 Å². The van der Waals surface area contributed by atoms with Gasteiger partial charge in [-0.05, 0) is 34.7 Å². The number of sulfonamides is 1. The van der Waals surface area contributed by atoms with E-state index in [4.69, 9.17) is 10.2 Å². The summed E-state index contributed by atoms with van der Waals surface area (Å²) < 4.78 is 31.8. The summed E-state index contributed by atoms with van der Waals surface area (Å²) in [4.78, 5) is 0.161. The van der Waals surface area contributed by atoms with Gasteiger partial charge in [0.2, 0.25) is 10.0 Å². The molecule has 1 aliphatic carbocycles. The van der Waals surface area contributed by atoms with Crippen molar-refractivity contribution in [1.29, 1.82) is 0 Å². The first-order valence-corrected chi connectivity index (χ1v) is 8.63. The Hall–Kier alpha value is -0.370. The van der Waals surface area contributed by atoms with E-state index in [0.29, 0.717) is 18.2 Å². The van der Waals surface area contributed by atoms with Crippen molar-refractivity contribution < 1.29 is 12.8 Å². The van der Waals surface area contributed by atoms with Gasteiger partial charge in [0.1, 0.15) is 10.7 Å². The van der Waals surface area contributed by atoms with Crippen molar-refractivity contribution in [3.8, 4) is 0 Å². The summed E-state index contributed by atoms with van der Waals surface area (Å²) in [5.74, 6) is 0.930. The quantitative estimate of drug-likeness (QED) is 0.883. The van der Waals surface area contributed by atoms with Crippen LogP contribution in [0.2, 0.25) is 0 Å². The molecule has 0 unspecified atom stereocenters. The SMILES string of the molecule is CN(CC1CCCC1)S(=O)(=O)c1cc(CN)oc1Br. The molecule has 1 saturated carbocycles. The van der Waals surface area contributed by atoms with Crippen LogP contribution in [-0.2, 0) is 16.6 Å². The number of halogens is 1. The first-order chi connectivity index (χ1) is 8.95. The normalized spacial score (nSPS) is 17.5. The van der Waals surface area contributed by atoms with Gasteiger partial charge in [0.15, 0.2) is 4.67 Å². The van der Waals surface area contributed by atoms with E-state index in [-0.39, 0.29) is 16.1 Å². The highest BCUT2D eigenvalue weighted by molar-refractivity contribution is 9.10. The van der Waals surface area contributed by atoms with Crippen LogP contribution in [0.1, 0.15) is 31.4 Å².